The Morgan fingerprint density at radius 3 is 2.48 bits per heavy atom. The van der Waals surface area contributed by atoms with Gasteiger partial charge < -0.3 is 20.1 Å². The summed E-state index contributed by atoms with van der Waals surface area (Å²) < 4.78 is 10.0. The van der Waals surface area contributed by atoms with Gasteiger partial charge in [-0.25, -0.2) is 4.79 Å². The molecule has 0 spiro atoms. The largest absolute Gasteiger partial charge is 0.494 e. The first kappa shape index (κ1) is 18.3. The number of hydrogen-bond acceptors (Lipinski definition) is 5. The van der Waals surface area contributed by atoms with E-state index in [0.29, 0.717) is 25.1 Å². The van der Waals surface area contributed by atoms with Crippen molar-refractivity contribution >= 4 is 23.3 Å². The van der Waals surface area contributed by atoms with E-state index in [9.17, 15) is 9.59 Å². The van der Waals surface area contributed by atoms with Crippen molar-refractivity contribution in [3.63, 3.8) is 0 Å². The minimum absolute atomic E-state index is 0.0965. The van der Waals surface area contributed by atoms with Gasteiger partial charge in [0.05, 0.1) is 19.3 Å². The Bertz CT molecular complexity index is 714. The molecule has 1 amide bonds. The van der Waals surface area contributed by atoms with Gasteiger partial charge in [-0.15, -0.1) is 0 Å². The molecule has 0 aromatic heterocycles. The zero-order chi connectivity index (χ0) is 18.1. The lowest BCUT2D eigenvalue weighted by Crippen LogP contribution is -2.16. The minimum atomic E-state index is -0.392. The molecule has 25 heavy (non-hydrogen) atoms. The van der Waals surface area contributed by atoms with Crippen molar-refractivity contribution in [3.8, 4) is 5.75 Å². The molecule has 6 heteroatoms. The Morgan fingerprint density at radius 2 is 1.80 bits per heavy atom. The van der Waals surface area contributed by atoms with E-state index in [1.54, 1.807) is 30.3 Å². The second-order valence-corrected chi connectivity index (χ2v) is 5.25. The van der Waals surface area contributed by atoms with Crippen molar-refractivity contribution in [3.05, 3.63) is 54.1 Å². The summed E-state index contributed by atoms with van der Waals surface area (Å²) in [7, 11) is 1.34. The summed E-state index contributed by atoms with van der Waals surface area (Å²) >= 11 is 0. The van der Waals surface area contributed by atoms with Gasteiger partial charge in [0, 0.05) is 24.3 Å². The number of methoxy groups -OCH3 is 1. The average Bonchev–Trinajstić information content (AvgIpc) is 2.63. The van der Waals surface area contributed by atoms with Gasteiger partial charge in [0.2, 0.25) is 5.91 Å². The highest BCUT2D eigenvalue weighted by Gasteiger charge is 2.06. The lowest BCUT2D eigenvalue weighted by atomic mass is 10.2. The molecule has 2 aromatic carbocycles. The Labute approximate surface area is 147 Å². The minimum Gasteiger partial charge on any atom is -0.494 e. The Kier molecular flexibility index (Phi) is 6.83. The molecule has 2 rings (SSSR count). The molecule has 132 valence electrons. The average molecular weight is 342 g/mol. The van der Waals surface area contributed by atoms with Crippen LogP contribution in [0.1, 0.15) is 23.7 Å². The summed E-state index contributed by atoms with van der Waals surface area (Å²) in [5, 5.41) is 5.95. The summed E-state index contributed by atoms with van der Waals surface area (Å²) in [6.07, 6.45) is 0.301. The van der Waals surface area contributed by atoms with Gasteiger partial charge in [-0.1, -0.05) is 6.07 Å². The predicted octanol–water partition coefficient (Wildman–Crippen LogP) is 3.31. The molecule has 2 N–H and O–H groups in total. The maximum atomic E-state index is 12.0. The van der Waals surface area contributed by atoms with Crippen molar-refractivity contribution in [2.45, 2.75) is 13.3 Å². The second-order valence-electron chi connectivity index (χ2n) is 5.25. The van der Waals surface area contributed by atoms with E-state index < -0.39 is 5.97 Å². The van der Waals surface area contributed by atoms with Gasteiger partial charge in [-0.05, 0) is 49.4 Å². The van der Waals surface area contributed by atoms with Crippen LogP contribution < -0.4 is 15.4 Å². The smallest absolute Gasteiger partial charge is 0.337 e. The van der Waals surface area contributed by atoms with Crippen LogP contribution in [0, 0.1) is 0 Å². The molecule has 0 radical (unpaired) electrons. The van der Waals surface area contributed by atoms with E-state index in [-0.39, 0.29) is 5.91 Å². The number of amides is 1. The second kappa shape index (κ2) is 9.32. The fraction of sp³-hybridized carbons (Fsp3) is 0.263. The number of carbonyl (C=O) groups is 2. The number of nitrogens with one attached hydrogen (secondary N) is 2. The van der Waals surface area contributed by atoms with Crippen molar-refractivity contribution in [1.29, 1.82) is 0 Å². The van der Waals surface area contributed by atoms with Crippen LogP contribution in [0.2, 0.25) is 0 Å². The van der Waals surface area contributed by atoms with Crippen LogP contribution >= 0.6 is 0 Å². The third kappa shape index (κ3) is 5.84. The summed E-state index contributed by atoms with van der Waals surface area (Å²) in [5.41, 5.74) is 1.95. The number of hydrogen-bond donors (Lipinski definition) is 2. The maximum Gasteiger partial charge on any atom is 0.337 e. The van der Waals surface area contributed by atoms with Crippen LogP contribution in [0.5, 0.6) is 5.75 Å². The standard InChI is InChI=1S/C19H22N2O4/c1-3-25-17-9-7-15(8-10-17)21-18(22)11-12-20-16-6-4-5-14(13-16)19(23)24-2/h4-10,13,20H,3,11-12H2,1-2H3,(H,21,22). The lowest BCUT2D eigenvalue weighted by Gasteiger charge is -2.09. The van der Waals surface area contributed by atoms with Crippen LogP contribution in [-0.4, -0.2) is 32.1 Å². The number of benzene rings is 2. The van der Waals surface area contributed by atoms with Crippen molar-refractivity contribution in [1.82, 2.24) is 0 Å². The van der Waals surface area contributed by atoms with E-state index in [0.717, 1.165) is 17.1 Å². The summed E-state index contributed by atoms with van der Waals surface area (Å²) in [6.45, 7) is 2.98. The molecule has 0 bridgehead atoms. The first-order valence-corrected chi connectivity index (χ1v) is 8.07. The topological polar surface area (TPSA) is 76.7 Å². The normalized spacial score (nSPS) is 10.0. The molecule has 0 saturated heterocycles. The highest BCUT2D eigenvalue weighted by molar-refractivity contribution is 5.91. The molecule has 6 nitrogen and oxygen atoms in total. The van der Waals surface area contributed by atoms with Gasteiger partial charge in [0.15, 0.2) is 0 Å². The van der Waals surface area contributed by atoms with Crippen LogP contribution in [0.4, 0.5) is 11.4 Å². The van der Waals surface area contributed by atoms with E-state index in [1.165, 1.54) is 7.11 Å². The van der Waals surface area contributed by atoms with Gasteiger partial charge >= 0.3 is 5.97 Å². The fourth-order valence-electron chi connectivity index (χ4n) is 2.22. The monoisotopic (exact) mass is 342 g/mol. The van der Waals surface area contributed by atoms with Gasteiger partial charge in [0.1, 0.15) is 5.75 Å². The first-order chi connectivity index (χ1) is 12.1. The van der Waals surface area contributed by atoms with E-state index in [1.807, 2.05) is 25.1 Å². The highest BCUT2D eigenvalue weighted by atomic mass is 16.5. The molecule has 0 aliphatic heterocycles. The van der Waals surface area contributed by atoms with E-state index >= 15 is 0 Å². The molecule has 0 saturated carbocycles. The first-order valence-electron chi connectivity index (χ1n) is 8.07. The van der Waals surface area contributed by atoms with Crippen molar-refractivity contribution < 1.29 is 19.1 Å². The Morgan fingerprint density at radius 1 is 1.04 bits per heavy atom. The number of anilines is 2. The molecule has 0 unspecified atom stereocenters. The fourth-order valence-corrected chi connectivity index (χ4v) is 2.22. The maximum absolute atomic E-state index is 12.0. The third-order valence-corrected chi connectivity index (χ3v) is 3.41. The molecule has 0 atom stereocenters. The van der Waals surface area contributed by atoms with Crippen LogP contribution in [0.15, 0.2) is 48.5 Å². The zero-order valence-corrected chi connectivity index (χ0v) is 14.4. The van der Waals surface area contributed by atoms with Crippen molar-refractivity contribution in [2.24, 2.45) is 0 Å². The van der Waals surface area contributed by atoms with Crippen LogP contribution in [0.3, 0.4) is 0 Å². The molecular formula is C19H22N2O4. The zero-order valence-electron chi connectivity index (χ0n) is 14.4. The predicted molar refractivity (Wildman–Crippen MR) is 97.1 cm³/mol. The number of carbonyl (C=O) groups excluding carboxylic acids is 2. The Hall–Kier alpha value is -3.02. The number of ether oxygens (including phenoxy) is 2. The van der Waals surface area contributed by atoms with Gasteiger partial charge in [0.25, 0.3) is 0 Å². The molecule has 0 aliphatic carbocycles. The van der Waals surface area contributed by atoms with Crippen molar-refractivity contribution in [2.75, 3.05) is 30.9 Å². The SMILES string of the molecule is CCOc1ccc(NC(=O)CCNc2cccc(C(=O)OC)c2)cc1. The summed E-state index contributed by atoms with van der Waals surface area (Å²) in [6, 6.07) is 14.2. The van der Waals surface area contributed by atoms with E-state index in [2.05, 4.69) is 15.4 Å². The van der Waals surface area contributed by atoms with Gasteiger partial charge in [-0.3, -0.25) is 4.79 Å². The molecule has 2 aromatic rings. The molecule has 0 aliphatic rings. The molecule has 0 heterocycles. The van der Waals surface area contributed by atoms with E-state index in [4.69, 9.17) is 4.74 Å². The Balaban J connectivity index is 1.79. The van der Waals surface area contributed by atoms with Crippen LogP contribution in [-0.2, 0) is 9.53 Å². The lowest BCUT2D eigenvalue weighted by molar-refractivity contribution is -0.115. The number of rotatable bonds is 8. The summed E-state index contributed by atoms with van der Waals surface area (Å²) in [4.78, 5) is 23.5. The highest BCUT2D eigenvalue weighted by Crippen LogP contribution is 2.16. The molecule has 0 fully saturated rings. The van der Waals surface area contributed by atoms with Gasteiger partial charge in [-0.2, -0.15) is 0 Å². The third-order valence-electron chi connectivity index (χ3n) is 3.41. The van der Waals surface area contributed by atoms with Crippen LogP contribution in [0.25, 0.3) is 0 Å². The molecular weight excluding hydrogens is 320 g/mol. The number of esters is 1. The quantitative estimate of drug-likeness (QED) is 0.720. The summed E-state index contributed by atoms with van der Waals surface area (Å²) in [5.74, 6) is 0.283.